The van der Waals surface area contributed by atoms with Crippen LogP contribution in [0.1, 0.15) is 47.5 Å². The largest absolute Gasteiger partial charge is 0.316 e. The number of piperidine rings is 2. The predicted molar refractivity (Wildman–Crippen MR) is 71.8 cm³/mol. The molecule has 2 fully saturated rings. The molecule has 0 saturated carbocycles. The van der Waals surface area contributed by atoms with Crippen molar-refractivity contribution < 1.29 is 0 Å². The maximum Gasteiger partial charge on any atom is 0.0153 e. The predicted octanol–water partition coefficient (Wildman–Crippen LogP) is 2.74. The van der Waals surface area contributed by atoms with E-state index in [1.54, 1.807) is 0 Å². The van der Waals surface area contributed by atoms with E-state index in [0.717, 1.165) is 12.0 Å². The van der Waals surface area contributed by atoms with Crippen LogP contribution in [0.25, 0.3) is 0 Å². The first-order valence-corrected chi connectivity index (χ1v) is 7.10. The second-order valence-electron chi connectivity index (χ2n) is 5.53. The summed E-state index contributed by atoms with van der Waals surface area (Å²) in [7, 11) is 0. The smallest absolute Gasteiger partial charge is 0.0153 e. The molecule has 2 heteroatoms. The van der Waals surface area contributed by atoms with Crippen LogP contribution in [0.3, 0.4) is 0 Å². The van der Waals surface area contributed by atoms with Crippen molar-refractivity contribution in [2.24, 2.45) is 11.3 Å². The fourth-order valence-electron chi connectivity index (χ4n) is 3.25. The number of likely N-dealkylation sites (tertiary alicyclic amines) is 1. The molecule has 0 amide bonds. The minimum absolute atomic E-state index is 0.545. The van der Waals surface area contributed by atoms with E-state index in [-0.39, 0.29) is 0 Å². The Kier molecular flexibility index (Phi) is 5.26. The van der Waals surface area contributed by atoms with E-state index >= 15 is 0 Å². The van der Waals surface area contributed by atoms with Crippen LogP contribution in [-0.4, -0.2) is 37.1 Å². The number of nitrogens with zero attached hydrogens (tertiary/aromatic N) is 1. The summed E-state index contributed by atoms with van der Waals surface area (Å²) in [6.45, 7) is 16.2. The van der Waals surface area contributed by atoms with Crippen LogP contribution >= 0.6 is 0 Å². The molecule has 2 saturated heterocycles. The van der Waals surface area contributed by atoms with E-state index in [1.807, 2.05) is 13.8 Å². The molecule has 2 atom stereocenters. The monoisotopic (exact) mass is 226 g/mol. The fourth-order valence-corrected chi connectivity index (χ4v) is 3.25. The molecule has 0 spiro atoms. The van der Waals surface area contributed by atoms with Crippen molar-refractivity contribution in [3.8, 4) is 0 Å². The van der Waals surface area contributed by atoms with Gasteiger partial charge in [-0.05, 0) is 50.4 Å². The van der Waals surface area contributed by atoms with Gasteiger partial charge in [0, 0.05) is 6.04 Å². The van der Waals surface area contributed by atoms with Crippen molar-refractivity contribution in [3.63, 3.8) is 0 Å². The van der Waals surface area contributed by atoms with Gasteiger partial charge >= 0.3 is 0 Å². The first kappa shape index (κ1) is 14.0. The van der Waals surface area contributed by atoms with Crippen LogP contribution in [0.4, 0.5) is 0 Å². The summed E-state index contributed by atoms with van der Waals surface area (Å²) in [6.07, 6.45) is 2.71. The zero-order chi connectivity index (χ0) is 12.2. The molecule has 2 aliphatic heterocycles. The Hall–Kier alpha value is -0.0800. The Morgan fingerprint density at radius 1 is 1.31 bits per heavy atom. The van der Waals surface area contributed by atoms with Gasteiger partial charge in [0.2, 0.25) is 0 Å². The summed E-state index contributed by atoms with van der Waals surface area (Å²) in [5.41, 5.74) is 0.545. The summed E-state index contributed by atoms with van der Waals surface area (Å²) in [6, 6.07) is 0.852. The maximum absolute atomic E-state index is 3.56. The number of nitrogens with one attached hydrogen (secondary N) is 1. The van der Waals surface area contributed by atoms with E-state index < -0.39 is 0 Å². The summed E-state index contributed by atoms with van der Waals surface area (Å²) < 4.78 is 0. The molecule has 0 aromatic heterocycles. The SMILES string of the molecule is CC.CCN1CCC(C)(C)C2CNCCC21. The third-order valence-corrected chi connectivity index (χ3v) is 4.37. The van der Waals surface area contributed by atoms with Gasteiger partial charge in [-0.15, -0.1) is 0 Å². The van der Waals surface area contributed by atoms with Crippen LogP contribution in [0, 0.1) is 11.3 Å². The van der Waals surface area contributed by atoms with E-state index in [9.17, 15) is 0 Å². The van der Waals surface area contributed by atoms with E-state index in [4.69, 9.17) is 0 Å². The Bertz CT molecular complexity index is 201. The highest BCUT2D eigenvalue weighted by molar-refractivity contribution is 4.97. The average Bonchev–Trinajstić information content (AvgIpc) is 2.32. The summed E-state index contributed by atoms with van der Waals surface area (Å²) in [4.78, 5) is 2.69. The van der Waals surface area contributed by atoms with Crippen molar-refractivity contribution in [1.29, 1.82) is 0 Å². The molecule has 0 aromatic carbocycles. The van der Waals surface area contributed by atoms with E-state index in [0.29, 0.717) is 5.41 Å². The zero-order valence-electron chi connectivity index (χ0n) is 11.8. The standard InChI is InChI=1S/C12H24N2.C2H6/c1-4-14-8-6-12(2,3)10-9-13-7-5-11(10)14;1-2/h10-11,13H,4-9H2,1-3H3;1-2H3. The Morgan fingerprint density at radius 2 is 2.00 bits per heavy atom. The first-order valence-electron chi connectivity index (χ1n) is 7.10. The number of rotatable bonds is 1. The van der Waals surface area contributed by atoms with Crippen molar-refractivity contribution >= 4 is 0 Å². The van der Waals surface area contributed by atoms with Crippen LogP contribution in [0.2, 0.25) is 0 Å². The number of hydrogen-bond acceptors (Lipinski definition) is 2. The Morgan fingerprint density at radius 3 is 2.62 bits per heavy atom. The Labute approximate surface area is 102 Å². The van der Waals surface area contributed by atoms with Crippen LogP contribution < -0.4 is 5.32 Å². The lowest BCUT2D eigenvalue weighted by Crippen LogP contribution is -2.58. The van der Waals surface area contributed by atoms with Gasteiger partial charge in [-0.1, -0.05) is 34.6 Å². The molecule has 2 heterocycles. The third kappa shape index (κ3) is 2.78. The second kappa shape index (κ2) is 6.02. The molecule has 2 rings (SSSR count). The Balaban J connectivity index is 0.000000606. The van der Waals surface area contributed by atoms with Gasteiger partial charge in [0.1, 0.15) is 0 Å². The third-order valence-electron chi connectivity index (χ3n) is 4.37. The lowest BCUT2D eigenvalue weighted by atomic mass is 9.67. The summed E-state index contributed by atoms with van der Waals surface area (Å²) in [5, 5.41) is 3.56. The van der Waals surface area contributed by atoms with Crippen LogP contribution in [0.5, 0.6) is 0 Å². The molecule has 2 nitrogen and oxygen atoms in total. The minimum Gasteiger partial charge on any atom is -0.316 e. The van der Waals surface area contributed by atoms with E-state index in [2.05, 4.69) is 31.0 Å². The molecule has 0 aromatic rings. The molecule has 1 N–H and O–H groups in total. The number of fused-ring (bicyclic) bond motifs is 1. The zero-order valence-corrected chi connectivity index (χ0v) is 11.8. The molecule has 2 aliphatic rings. The molecular formula is C14H30N2. The van der Waals surface area contributed by atoms with Crippen molar-refractivity contribution in [1.82, 2.24) is 10.2 Å². The lowest BCUT2D eigenvalue weighted by molar-refractivity contribution is -0.0122. The van der Waals surface area contributed by atoms with Gasteiger partial charge in [0.15, 0.2) is 0 Å². The maximum atomic E-state index is 3.56. The molecule has 0 bridgehead atoms. The molecular weight excluding hydrogens is 196 g/mol. The first-order chi connectivity index (χ1) is 7.65. The number of hydrogen-bond donors (Lipinski definition) is 1. The van der Waals surface area contributed by atoms with E-state index in [1.165, 1.54) is 39.0 Å². The van der Waals surface area contributed by atoms with Crippen molar-refractivity contribution in [2.45, 2.75) is 53.5 Å². The molecule has 2 unspecified atom stereocenters. The van der Waals surface area contributed by atoms with Crippen LogP contribution in [0.15, 0.2) is 0 Å². The van der Waals surface area contributed by atoms with Gasteiger partial charge in [-0.25, -0.2) is 0 Å². The van der Waals surface area contributed by atoms with Gasteiger partial charge < -0.3 is 10.2 Å². The molecule has 0 radical (unpaired) electrons. The van der Waals surface area contributed by atoms with Crippen molar-refractivity contribution in [3.05, 3.63) is 0 Å². The average molecular weight is 226 g/mol. The summed E-state index contributed by atoms with van der Waals surface area (Å²) in [5.74, 6) is 0.866. The minimum atomic E-state index is 0.545. The van der Waals surface area contributed by atoms with Gasteiger partial charge in [0.05, 0.1) is 0 Å². The molecule has 0 aliphatic carbocycles. The highest BCUT2D eigenvalue weighted by Crippen LogP contribution is 2.41. The fraction of sp³-hybridized carbons (Fsp3) is 1.00. The quantitative estimate of drug-likeness (QED) is 0.739. The lowest BCUT2D eigenvalue weighted by Gasteiger charge is -2.52. The summed E-state index contributed by atoms with van der Waals surface area (Å²) >= 11 is 0. The van der Waals surface area contributed by atoms with Gasteiger partial charge in [-0.3, -0.25) is 0 Å². The van der Waals surface area contributed by atoms with Crippen LogP contribution in [-0.2, 0) is 0 Å². The second-order valence-corrected chi connectivity index (χ2v) is 5.53. The molecule has 16 heavy (non-hydrogen) atoms. The highest BCUT2D eigenvalue weighted by Gasteiger charge is 2.42. The highest BCUT2D eigenvalue weighted by atomic mass is 15.2. The molecule has 96 valence electrons. The van der Waals surface area contributed by atoms with Gasteiger partial charge in [-0.2, -0.15) is 0 Å². The van der Waals surface area contributed by atoms with Crippen molar-refractivity contribution in [2.75, 3.05) is 26.2 Å². The normalized spacial score (nSPS) is 33.6. The van der Waals surface area contributed by atoms with Gasteiger partial charge in [0.25, 0.3) is 0 Å². The topological polar surface area (TPSA) is 15.3 Å².